The van der Waals surface area contributed by atoms with Gasteiger partial charge in [-0.2, -0.15) is 0 Å². The molecular weight excluding hydrogens is 254 g/mol. The van der Waals surface area contributed by atoms with Gasteiger partial charge in [0, 0.05) is 37.1 Å². The first-order valence-electron chi connectivity index (χ1n) is 7.11. The Morgan fingerprint density at radius 2 is 2.25 bits per heavy atom. The van der Waals surface area contributed by atoms with Crippen LogP contribution in [0.1, 0.15) is 32.3 Å². The predicted octanol–water partition coefficient (Wildman–Crippen LogP) is 2.15. The summed E-state index contributed by atoms with van der Waals surface area (Å²) in [6.45, 7) is 6.32. The summed E-state index contributed by atoms with van der Waals surface area (Å²) in [4.78, 5) is 22.1. The third-order valence-electron chi connectivity index (χ3n) is 3.31. The van der Waals surface area contributed by atoms with Crippen molar-refractivity contribution in [2.45, 2.75) is 26.7 Å². The van der Waals surface area contributed by atoms with Crippen molar-refractivity contribution in [3.05, 3.63) is 24.0 Å². The highest BCUT2D eigenvalue weighted by atomic mass is 16.5. The monoisotopic (exact) mass is 275 g/mol. The Morgan fingerprint density at radius 1 is 1.50 bits per heavy atom. The summed E-state index contributed by atoms with van der Waals surface area (Å²) in [5.41, 5.74) is 0.798. The van der Waals surface area contributed by atoms with Crippen LogP contribution in [0.2, 0.25) is 0 Å². The van der Waals surface area contributed by atoms with Crippen LogP contribution in [0.3, 0.4) is 0 Å². The highest BCUT2D eigenvalue weighted by Gasteiger charge is 2.18. The smallest absolute Gasteiger partial charge is 0.316 e. The van der Waals surface area contributed by atoms with E-state index < -0.39 is 0 Å². The van der Waals surface area contributed by atoms with Crippen molar-refractivity contribution >= 4 is 12.0 Å². The Kier molecular flexibility index (Phi) is 5.09. The van der Waals surface area contributed by atoms with Crippen molar-refractivity contribution < 1.29 is 9.53 Å². The van der Waals surface area contributed by atoms with Crippen LogP contribution in [0, 0.1) is 5.92 Å². The van der Waals surface area contributed by atoms with Gasteiger partial charge in [-0.05, 0) is 31.8 Å². The molecule has 0 aliphatic carbocycles. The topological polar surface area (TPSA) is 55.3 Å². The predicted molar refractivity (Wildman–Crippen MR) is 77.2 cm³/mol. The number of amides is 1. The standard InChI is InChI=1S/C15H21N3O2/c1-3-20-15-16-9-13(10-17-15)6-7-14(19)18-8-4-5-12(2)11-18/h6-7,9-10,12H,3-5,8,11H2,1-2H3/b7-6+. The van der Waals surface area contributed by atoms with E-state index in [-0.39, 0.29) is 5.91 Å². The SMILES string of the molecule is CCOc1ncc(/C=C/C(=O)N2CCCC(C)C2)cn1. The van der Waals surface area contributed by atoms with Crippen molar-refractivity contribution in [1.82, 2.24) is 14.9 Å². The first-order chi connectivity index (χ1) is 9.69. The fourth-order valence-electron chi connectivity index (χ4n) is 2.28. The third-order valence-corrected chi connectivity index (χ3v) is 3.31. The average molecular weight is 275 g/mol. The van der Waals surface area contributed by atoms with E-state index in [1.807, 2.05) is 11.8 Å². The minimum atomic E-state index is 0.0606. The quantitative estimate of drug-likeness (QED) is 0.790. The maximum atomic E-state index is 12.1. The number of hydrogen-bond acceptors (Lipinski definition) is 4. The van der Waals surface area contributed by atoms with Crippen molar-refractivity contribution in [2.75, 3.05) is 19.7 Å². The molecule has 20 heavy (non-hydrogen) atoms. The molecule has 0 saturated carbocycles. The number of nitrogens with zero attached hydrogens (tertiary/aromatic N) is 3. The number of hydrogen-bond donors (Lipinski definition) is 0. The number of carbonyl (C=O) groups excluding carboxylic acids is 1. The maximum absolute atomic E-state index is 12.1. The molecule has 108 valence electrons. The van der Waals surface area contributed by atoms with Crippen molar-refractivity contribution in [3.63, 3.8) is 0 Å². The highest BCUT2D eigenvalue weighted by Crippen LogP contribution is 2.16. The molecule has 1 atom stereocenters. The molecule has 1 aliphatic heterocycles. The molecule has 2 heterocycles. The summed E-state index contributed by atoms with van der Waals surface area (Å²) < 4.78 is 5.17. The van der Waals surface area contributed by atoms with E-state index in [0.29, 0.717) is 18.5 Å². The van der Waals surface area contributed by atoms with Gasteiger partial charge in [0.25, 0.3) is 0 Å². The Balaban J connectivity index is 1.92. The first kappa shape index (κ1) is 14.5. The van der Waals surface area contributed by atoms with Crippen LogP contribution >= 0.6 is 0 Å². The summed E-state index contributed by atoms with van der Waals surface area (Å²) in [6.07, 6.45) is 8.95. The van der Waals surface area contributed by atoms with Gasteiger partial charge in [0.05, 0.1) is 6.61 Å². The van der Waals surface area contributed by atoms with Gasteiger partial charge in [0.1, 0.15) is 0 Å². The minimum absolute atomic E-state index is 0.0606. The lowest BCUT2D eigenvalue weighted by molar-refractivity contribution is -0.127. The van der Waals surface area contributed by atoms with E-state index in [4.69, 9.17) is 4.74 Å². The molecule has 0 bridgehead atoms. The van der Waals surface area contributed by atoms with Crippen LogP contribution in [-0.4, -0.2) is 40.5 Å². The van der Waals surface area contributed by atoms with Crippen LogP contribution < -0.4 is 4.74 Å². The Labute approximate surface area is 119 Å². The van der Waals surface area contributed by atoms with Gasteiger partial charge >= 0.3 is 6.01 Å². The van der Waals surface area contributed by atoms with E-state index in [9.17, 15) is 4.79 Å². The normalized spacial score (nSPS) is 19.3. The Morgan fingerprint density at radius 3 is 2.90 bits per heavy atom. The Bertz CT molecular complexity index is 471. The van der Waals surface area contributed by atoms with Gasteiger partial charge < -0.3 is 9.64 Å². The summed E-state index contributed by atoms with van der Waals surface area (Å²) in [7, 11) is 0. The van der Waals surface area contributed by atoms with E-state index in [1.54, 1.807) is 24.5 Å². The van der Waals surface area contributed by atoms with Gasteiger partial charge in [-0.3, -0.25) is 4.79 Å². The van der Waals surface area contributed by atoms with Crippen LogP contribution in [0.4, 0.5) is 0 Å². The molecule has 1 saturated heterocycles. The van der Waals surface area contributed by atoms with Crippen LogP contribution in [0.15, 0.2) is 18.5 Å². The second-order valence-electron chi connectivity index (χ2n) is 5.10. The summed E-state index contributed by atoms with van der Waals surface area (Å²) >= 11 is 0. The molecule has 1 aromatic rings. The molecule has 1 fully saturated rings. The largest absolute Gasteiger partial charge is 0.464 e. The molecule has 5 nitrogen and oxygen atoms in total. The van der Waals surface area contributed by atoms with E-state index in [1.165, 1.54) is 6.42 Å². The molecule has 1 aromatic heterocycles. The molecule has 1 amide bonds. The number of piperidine rings is 1. The summed E-state index contributed by atoms with van der Waals surface area (Å²) in [5, 5.41) is 0. The van der Waals surface area contributed by atoms with E-state index in [0.717, 1.165) is 25.1 Å². The van der Waals surface area contributed by atoms with Gasteiger partial charge in [-0.1, -0.05) is 6.92 Å². The van der Waals surface area contributed by atoms with Crippen molar-refractivity contribution in [3.8, 4) is 6.01 Å². The van der Waals surface area contributed by atoms with Gasteiger partial charge in [-0.15, -0.1) is 0 Å². The lowest BCUT2D eigenvalue weighted by atomic mass is 10.0. The highest BCUT2D eigenvalue weighted by molar-refractivity contribution is 5.91. The first-order valence-corrected chi connectivity index (χ1v) is 7.11. The average Bonchev–Trinajstić information content (AvgIpc) is 2.46. The van der Waals surface area contributed by atoms with E-state index >= 15 is 0 Å². The molecule has 1 aliphatic rings. The molecule has 0 aromatic carbocycles. The fraction of sp³-hybridized carbons (Fsp3) is 0.533. The lowest BCUT2D eigenvalue weighted by Crippen LogP contribution is -2.38. The second-order valence-corrected chi connectivity index (χ2v) is 5.10. The third kappa shape index (κ3) is 4.05. The zero-order chi connectivity index (χ0) is 14.4. The number of likely N-dealkylation sites (tertiary alicyclic amines) is 1. The van der Waals surface area contributed by atoms with Crippen molar-refractivity contribution in [2.24, 2.45) is 5.92 Å². The fourth-order valence-corrected chi connectivity index (χ4v) is 2.28. The van der Waals surface area contributed by atoms with Gasteiger partial charge in [0.2, 0.25) is 5.91 Å². The minimum Gasteiger partial charge on any atom is -0.464 e. The zero-order valence-electron chi connectivity index (χ0n) is 12.1. The number of ether oxygens (including phenoxy) is 1. The maximum Gasteiger partial charge on any atom is 0.316 e. The Hall–Kier alpha value is -1.91. The number of aromatic nitrogens is 2. The van der Waals surface area contributed by atoms with Gasteiger partial charge in [-0.25, -0.2) is 9.97 Å². The molecule has 0 radical (unpaired) electrons. The zero-order valence-corrected chi connectivity index (χ0v) is 12.1. The van der Waals surface area contributed by atoms with Crippen LogP contribution in [-0.2, 0) is 4.79 Å². The molecule has 1 unspecified atom stereocenters. The van der Waals surface area contributed by atoms with Crippen molar-refractivity contribution in [1.29, 1.82) is 0 Å². The summed E-state index contributed by atoms with van der Waals surface area (Å²) in [5.74, 6) is 0.653. The molecule has 0 N–H and O–H groups in total. The van der Waals surface area contributed by atoms with Crippen LogP contribution in [0.5, 0.6) is 6.01 Å². The summed E-state index contributed by atoms with van der Waals surface area (Å²) in [6, 6.07) is 0.362. The molecule has 2 rings (SSSR count). The molecule has 5 heteroatoms. The number of carbonyl (C=O) groups is 1. The number of rotatable bonds is 4. The second kappa shape index (κ2) is 7.03. The van der Waals surface area contributed by atoms with Gasteiger partial charge in [0.15, 0.2) is 0 Å². The molecular formula is C15H21N3O2. The molecule has 0 spiro atoms. The lowest BCUT2D eigenvalue weighted by Gasteiger charge is -2.30. The van der Waals surface area contributed by atoms with E-state index in [2.05, 4.69) is 16.9 Å². The van der Waals surface area contributed by atoms with Crippen LogP contribution in [0.25, 0.3) is 6.08 Å².